The fraction of sp³-hybridized carbons (Fsp3) is 0.300. The maximum atomic E-state index is 11.9. The first-order chi connectivity index (χ1) is 12.6. The lowest BCUT2D eigenvalue weighted by molar-refractivity contribution is -0.142. The molecule has 0 aliphatic rings. The SMILES string of the molecule is CCOC(=O)Cc1nc2c(C)cccn2c1N=Nc1ccc(CC)cc1. The van der Waals surface area contributed by atoms with Crippen LogP contribution in [-0.2, 0) is 22.4 Å². The fourth-order valence-corrected chi connectivity index (χ4v) is 2.72. The highest BCUT2D eigenvalue weighted by Gasteiger charge is 2.17. The number of rotatable bonds is 6. The first-order valence-electron chi connectivity index (χ1n) is 8.75. The van der Waals surface area contributed by atoms with Crippen LogP contribution in [0.2, 0.25) is 0 Å². The Morgan fingerprint density at radius 3 is 2.62 bits per heavy atom. The molecular weight excluding hydrogens is 328 g/mol. The number of fused-ring (bicyclic) bond motifs is 1. The zero-order valence-corrected chi connectivity index (χ0v) is 15.3. The van der Waals surface area contributed by atoms with Crippen LogP contribution in [0.1, 0.15) is 30.7 Å². The number of aromatic nitrogens is 2. The van der Waals surface area contributed by atoms with E-state index in [0.717, 1.165) is 23.3 Å². The monoisotopic (exact) mass is 350 g/mol. The molecule has 0 aliphatic heterocycles. The number of esters is 1. The van der Waals surface area contributed by atoms with E-state index < -0.39 is 0 Å². The summed E-state index contributed by atoms with van der Waals surface area (Å²) in [7, 11) is 0. The van der Waals surface area contributed by atoms with Crippen molar-refractivity contribution in [2.75, 3.05) is 6.61 Å². The average molecular weight is 350 g/mol. The molecule has 6 heteroatoms. The molecule has 3 rings (SSSR count). The maximum Gasteiger partial charge on any atom is 0.312 e. The number of imidazole rings is 1. The van der Waals surface area contributed by atoms with Gasteiger partial charge in [0.2, 0.25) is 0 Å². The highest BCUT2D eigenvalue weighted by molar-refractivity contribution is 5.74. The third-order valence-electron chi connectivity index (χ3n) is 4.11. The van der Waals surface area contributed by atoms with Gasteiger partial charge in [0.1, 0.15) is 5.65 Å². The Labute approximate surface area is 152 Å². The first-order valence-corrected chi connectivity index (χ1v) is 8.75. The van der Waals surface area contributed by atoms with E-state index in [1.807, 2.05) is 53.9 Å². The van der Waals surface area contributed by atoms with Crippen LogP contribution in [-0.4, -0.2) is 22.0 Å². The van der Waals surface area contributed by atoms with Gasteiger partial charge in [-0.05, 0) is 49.6 Å². The van der Waals surface area contributed by atoms with E-state index in [1.54, 1.807) is 6.92 Å². The van der Waals surface area contributed by atoms with Gasteiger partial charge < -0.3 is 4.74 Å². The molecule has 134 valence electrons. The molecule has 0 spiro atoms. The molecule has 0 fully saturated rings. The molecule has 3 aromatic rings. The number of benzene rings is 1. The van der Waals surface area contributed by atoms with Gasteiger partial charge in [-0.2, -0.15) is 0 Å². The molecule has 0 saturated carbocycles. The van der Waals surface area contributed by atoms with Gasteiger partial charge in [0.05, 0.1) is 24.4 Å². The van der Waals surface area contributed by atoms with Gasteiger partial charge in [-0.3, -0.25) is 9.20 Å². The predicted molar refractivity (Wildman–Crippen MR) is 100 cm³/mol. The van der Waals surface area contributed by atoms with Crippen LogP contribution < -0.4 is 0 Å². The summed E-state index contributed by atoms with van der Waals surface area (Å²) in [4.78, 5) is 16.5. The van der Waals surface area contributed by atoms with Gasteiger partial charge in [-0.25, -0.2) is 4.98 Å². The molecule has 0 amide bonds. The molecule has 0 N–H and O–H groups in total. The summed E-state index contributed by atoms with van der Waals surface area (Å²) in [5.74, 6) is 0.230. The number of hydrogen-bond acceptors (Lipinski definition) is 5. The third kappa shape index (κ3) is 3.79. The summed E-state index contributed by atoms with van der Waals surface area (Å²) in [6, 6.07) is 11.8. The van der Waals surface area contributed by atoms with Crippen LogP contribution in [0, 0.1) is 6.92 Å². The normalized spacial score (nSPS) is 11.3. The summed E-state index contributed by atoms with van der Waals surface area (Å²) in [5, 5.41) is 8.72. The number of pyridine rings is 1. The van der Waals surface area contributed by atoms with Crippen molar-refractivity contribution >= 4 is 23.1 Å². The Morgan fingerprint density at radius 2 is 1.92 bits per heavy atom. The first kappa shape index (κ1) is 17.8. The largest absolute Gasteiger partial charge is 0.466 e. The van der Waals surface area contributed by atoms with E-state index in [0.29, 0.717) is 18.1 Å². The summed E-state index contributed by atoms with van der Waals surface area (Å²) >= 11 is 0. The van der Waals surface area contributed by atoms with Gasteiger partial charge in [0.15, 0.2) is 5.82 Å². The molecule has 0 radical (unpaired) electrons. The molecule has 1 aromatic carbocycles. The summed E-state index contributed by atoms with van der Waals surface area (Å²) in [5.41, 5.74) is 4.34. The second kappa shape index (κ2) is 7.91. The van der Waals surface area contributed by atoms with Crippen LogP contribution in [0.5, 0.6) is 0 Å². The van der Waals surface area contributed by atoms with Crippen molar-refractivity contribution in [2.24, 2.45) is 10.2 Å². The Balaban J connectivity index is 1.99. The van der Waals surface area contributed by atoms with Crippen LogP contribution in [0.3, 0.4) is 0 Å². The molecule has 2 aromatic heterocycles. The molecule has 26 heavy (non-hydrogen) atoms. The second-order valence-corrected chi connectivity index (χ2v) is 5.97. The van der Waals surface area contributed by atoms with Crippen LogP contribution in [0.15, 0.2) is 52.8 Å². The van der Waals surface area contributed by atoms with E-state index in [1.165, 1.54) is 5.56 Å². The number of nitrogens with zero attached hydrogens (tertiary/aromatic N) is 4. The number of carbonyl (C=O) groups is 1. The lowest BCUT2D eigenvalue weighted by atomic mass is 10.2. The Kier molecular flexibility index (Phi) is 5.41. The van der Waals surface area contributed by atoms with Crippen LogP contribution in [0.25, 0.3) is 5.65 Å². The lowest BCUT2D eigenvalue weighted by Gasteiger charge is -2.01. The molecule has 0 bridgehead atoms. The Bertz CT molecular complexity index is 942. The fourth-order valence-electron chi connectivity index (χ4n) is 2.72. The molecule has 0 unspecified atom stereocenters. The quantitative estimate of drug-likeness (QED) is 0.477. The van der Waals surface area contributed by atoms with Crippen molar-refractivity contribution in [1.82, 2.24) is 9.38 Å². The predicted octanol–water partition coefficient (Wildman–Crippen LogP) is 4.73. The van der Waals surface area contributed by atoms with E-state index in [2.05, 4.69) is 22.1 Å². The third-order valence-corrected chi connectivity index (χ3v) is 4.11. The number of aryl methyl sites for hydroxylation is 2. The van der Waals surface area contributed by atoms with Gasteiger partial charge in [-0.15, -0.1) is 10.2 Å². The van der Waals surface area contributed by atoms with Crippen molar-refractivity contribution in [3.63, 3.8) is 0 Å². The maximum absolute atomic E-state index is 11.9. The van der Waals surface area contributed by atoms with E-state index in [4.69, 9.17) is 4.74 Å². The van der Waals surface area contributed by atoms with Crippen LogP contribution >= 0.6 is 0 Å². The van der Waals surface area contributed by atoms with Gasteiger partial charge in [0, 0.05) is 6.20 Å². The minimum Gasteiger partial charge on any atom is -0.466 e. The average Bonchev–Trinajstić information content (AvgIpc) is 2.99. The number of azo groups is 1. The van der Waals surface area contributed by atoms with Crippen molar-refractivity contribution in [3.8, 4) is 0 Å². The van der Waals surface area contributed by atoms with Crippen molar-refractivity contribution in [2.45, 2.75) is 33.6 Å². The number of ether oxygens (including phenoxy) is 1. The zero-order chi connectivity index (χ0) is 18.5. The highest BCUT2D eigenvalue weighted by atomic mass is 16.5. The van der Waals surface area contributed by atoms with Crippen molar-refractivity contribution in [3.05, 3.63) is 59.4 Å². The van der Waals surface area contributed by atoms with E-state index in [9.17, 15) is 4.79 Å². The zero-order valence-electron chi connectivity index (χ0n) is 15.3. The topological polar surface area (TPSA) is 68.3 Å². The second-order valence-electron chi connectivity index (χ2n) is 5.97. The van der Waals surface area contributed by atoms with Crippen molar-refractivity contribution < 1.29 is 9.53 Å². The lowest BCUT2D eigenvalue weighted by Crippen LogP contribution is -2.07. The summed E-state index contributed by atoms with van der Waals surface area (Å²) in [6.07, 6.45) is 2.92. The molecule has 0 aliphatic carbocycles. The van der Waals surface area contributed by atoms with Gasteiger partial charge in [-0.1, -0.05) is 25.1 Å². The molecule has 0 atom stereocenters. The van der Waals surface area contributed by atoms with Crippen LogP contribution in [0.4, 0.5) is 11.5 Å². The standard InChI is InChI=1S/C20H22N4O2/c1-4-15-8-10-16(11-9-15)22-23-20-17(13-18(25)26-5-2)21-19-14(3)7-6-12-24(19)20/h6-12H,4-5,13H2,1-3H3. The summed E-state index contributed by atoms with van der Waals surface area (Å²) in [6.45, 7) is 6.21. The Hall–Kier alpha value is -3.02. The number of carbonyl (C=O) groups excluding carboxylic acids is 1. The van der Waals surface area contributed by atoms with Gasteiger partial charge in [0.25, 0.3) is 0 Å². The molecule has 0 saturated heterocycles. The number of hydrogen-bond donors (Lipinski definition) is 0. The highest BCUT2D eigenvalue weighted by Crippen LogP contribution is 2.26. The summed E-state index contributed by atoms with van der Waals surface area (Å²) < 4.78 is 6.91. The molecule has 2 heterocycles. The molecular formula is C20H22N4O2. The van der Waals surface area contributed by atoms with E-state index >= 15 is 0 Å². The minimum absolute atomic E-state index is 0.0675. The van der Waals surface area contributed by atoms with Gasteiger partial charge >= 0.3 is 5.97 Å². The van der Waals surface area contributed by atoms with E-state index in [-0.39, 0.29) is 12.4 Å². The van der Waals surface area contributed by atoms with Crippen molar-refractivity contribution in [1.29, 1.82) is 0 Å². The smallest absolute Gasteiger partial charge is 0.312 e. The minimum atomic E-state index is -0.322. The Morgan fingerprint density at radius 1 is 1.15 bits per heavy atom. The molecule has 6 nitrogen and oxygen atoms in total.